The molecule has 1 aliphatic rings. The summed E-state index contributed by atoms with van der Waals surface area (Å²) in [6, 6.07) is 7.91. The number of rotatable bonds is 4. The van der Waals surface area contributed by atoms with Gasteiger partial charge < -0.3 is 19.4 Å². The van der Waals surface area contributed by atoms with E-state index >= 15 is 0 Å². The molecule has 2 aromatic carbocycles. The minimum atomic E-state index is -0.667. The molecule has 1 aliphatic heterocycles. The Bertz CT molecular complexity index is 1090. The van der Waals surface area contributed by atoms with Gasteiger partial charge in [0.25, 0.3) is 0 Å². The molecule has 5 nitrogen and oxygen atoms in total. The van der Waals surface area contributed by atoms with E-state index in [0.717, 1.165) is 6.07 Å². The molecule has 0 bridgehead atoms. The molecule has 0 amide bonds. The second kappa shape index (κ2) is 8.12. The Hall–Kier alpha value is -2.45. The molecule has 1 N–H and O–H groups in total. The summed E-state index contributed by atoms with van der Waals surface area (Å²) in [5.41, 5.74) is 1.29. The van der Waals surface area contributed by atoms with Crippen molar-refractivity contribution in [3.63, 3.8) is 0 Å². The van der Waals surface area contributed by atoms with Crippen LogP contribution in [0.4, 0.5) is 20.4 Å². The summed E-state index contributed by atoms with van der Waals surface area (Å²) in [6.45, 7) is 4.24. The highest BCUT2D eigenvalue weighted by molar-refractivity contribution is 9.10. The third kappa shape index (κ3) is 4.28. The molecule has 1 fully saturated rings. The van der Waals surface area contributed by atoms with E-state index in [1.807, 2.05) is 17.9 Å². The second-order valence-corrected chi connectivity index (χ2v) is 7.86. The van der Waals surface area contributed by atoms with Crippen LogP contribution in [-0.2, 0) is 4.74 Å². The van der Waals surface area contributed by atoms with Gasteiger partial charge in [0.2, 0.25) is 0 Å². The van der Waals surface area contributed by atoms with Crippen molar-refractivity contribution in [2.75, 3.05) is 36.5 Å². The first kappa shape index (κ1) is 19.8. The van der Waals surface area contributed by atoms with E-state index in [9.17, 15) is 13.6 Å². The number of anilines is 2. The topological polar surface area (TPSA) is 54.7 Å². The number of nitrogens with zero attached hydrogens (tertiary/aromatic N) is 1. The summed E-state index contributed by atoms with van der Waals surface area (Å²) in [5, 5.41) is 3.52. The lowest BCUT2D eigenvalue weighted by Gasteiger charge is -2.27. The minimum absolute atomic E-state index is 0.153. The molecule has 1 aromatic heterocycles. The van der Waals surface area contributed by atoms with Crippen LogP contribution in [0.1, 0.15) is 18.5 Å². The van der Waals surface area contributed by atoms with Crippen LogP contribution >= 0.6 is 15.9 Å². The number of hydrogen-bond acceptors (Lipinski definition) is 5. The number of morpholine rings is 1. The lowest BCUT2D eigenvalue weighted by Crippen LogP contribution is -2.36. The Morgan fingerprint density at radius 2 is 1.76 bits per heavy atom. The molecule has 0 radical (unpaired) electrons. The maximum atomic E-state index is 13.5. The summed E-state index contributed by atoms with van der Waals surface area (Å²) >= 11 is 3.43. The number of benzene rings is 2. The van der Waals surface area contributed by atoms with Gasteiger partial charge in [0.1, 0.15) is 17.2 Å². The Morgan fingerprint density at radius 3 is 2.45 bits per heavy atom. The fourth-order valence-electron chi connectivity index (χ4n) is 3.46. The standard InChI is InChI=1S/C21H19BrF2N2O3/c1-12(25-16-9-14(23)8-15(24)10-16)17-6-13(22)7-18-19(27)11-20(29-21(17)18)26-2-4-28-5-3-26/h6-12,25H,2-5H2,1H3. The molecule has 29 heavy (non-hydrogen) atoms. The maximum Gasteiger partial charge on any atom is 0.200 e. The average Bonchev–Trinajstić information content (AvgIpc) is 2.67. The van der Waals surface area contributed by atoms with E-state index in [1.54, 1.807) is 6.07 Å². The SMILES string of the molecule is CC(Nc1cc(F)cc(F)c1)c1cc(Br)cc2c(=O)cc(N3CCOCC3)oc12. The molecule has 0 aliphatic carbocycles. The summed E-state index contributed by atoms with van der Waals surface area (Å²) < 4.78 is 39.3. The zero-order chi connectivity index (χ0) is 20.5. The fourth-order valence-corrected chi connectivity index (χ4v) is 3.94. The molecule has 0 saturated carbocycles. The Balaban J connectivity index is 1.77. The fraction of sp³-hybridized carbons (Fsp3) is 0.286. The highest BCUT2D eigenvalue weighted by Gasteiger charge is 2.20. The molecular formula is C21H19BrF2N2O3. The van der Waals surface area contributed by atoms with Gasteiger partial charge in [-0.05, 0) is 31.2 Å². The summed E-state index contributed by atoms with van der Waals surface area (Å²) in [4.78, 5) is 14.7. The average molecular weight is 465 g/mol. The summed E-state index contributed by atoms with van der Waals surface area (Å²) in [7, 11) is 0. The first-order chi connectivity index (χ1) is 13.9. The van der Waals surface area contributed by atoms with Crippen molar-refractivity contribution in [3.05, 3.63) is 68.3 Å². The van der Waals surface area contributed by atoms with Gasteiger partial charge in [0.15, 0.2) is 11.3 Å². The lowest BCUT2D eigenvalue weighted by atomic mass is 10.0. The Labute approximate surface area is 174 Å². The predicted molar refractivity (Wildman–Crippen MR) is 112 cm³/mol. The van der Waals surface area contributed by atoms with Gasteiger partial charge in [-0.1, -0.05) is 15.9 Å². The number of nitrogens with one attached hydrogen (secondary N) is 1. The molecule has 1 saturated heterocycles. The smallest absolute Gasteiger partial charge is 0.200 e. The largest absolute Gasteiger partial charge is 0.440 e. The first-order valence-electron chi connectivity index (χ1n) is 9.23. The Morgan fingerprint density at radius 1 is 1.07 bits per heavy atom. The van der Waals surface area contributed by atoms with Crippen molar-refractivity contribution in [1.82, 2.24) is 0 Å². The van der Waals surface area contributed by atoms with E-state index in [0.29, 0.717) is 58.9 Å². The molecular weight excluding hydrogens is 446 g/mol. The van der Waals surface area contributed by atoms with E-state index in [2.05, 4.69) is 21.2 Å². The molecule has 3 aromatic rings. The van der Waals surface area contributed by atoms with Crippen LogP contribution in [0.25, 0.3) is 11.0 Å². The molecule has 0 spiro atoms. The van der Waals surface area contributed by atoms with Crippen molar-refractivity contribution >= 4 is 38.5 Å². The van der Waals surface area contributed by atoms with Crippen LogP contribution in [0.15, 0.2) is 50.1 Å². The number of fused-ring (bicyclic) bond motifs is 1. The van der Waals surface area contributed by atoms with E-state index < -0.39 is 11.6 Å². The van der Waals surface area contributed by atoms with Crippen molar-refractivity contribution < 1.29 is 17.9 Å². The van der Waals surface area contributed by atoms with Crippen LogP contribution in [0, 0.1) is 11.6 Å². The zero-order valence-electron chi connectivity index (χ0n) is 15.7. The number of ether oxygens (including phenoxy) is 1. The Kier molecular flexibility index (Phi) is 5.56. The normalized spacial score (nSPS) is 15.5. The van der Waals surface area contributed by atoms with Crippen LogP contribution in [0.5, 0.6) is 0 Å². The van der Waals surface area contributed by atoms with Crippen LogP contribution in [0.2, 0.25) is 0 Å². The molecule has 152 valence electrons. The minimum Gasteiger partial charge on any atom is -0.440 e. The van der Waals surface area contributed by atoms with E-state index in [4.69, 9.17) is 9.15 Å². The van der Waals surface area contributed by atoms with Gasteiger partial charge in [-0.15, -0.1) is 0 Å². The van der Waals surface area contributed by atoms with Crippen molar-refractivity contribution in [1.29, 1.82) is 0 Å². The van der Waals surface area contributed by atoms with E-state index in [1.165, 1.54) is 18.2 Å². The van der Waals surface area contributed by atoms with Crippen LogP contribution in [-0.4, -0.2) is 26.3 Å². The highest BCUT2D eigenvalue weighted by atomic mass is 79.9. The van der Waals surface area contributed by atoms with Gasteiger partial charge in [-0.25, -0.2) is 8.78 Å². The summed E-state index contributed by atoms with van der Waals surface area (Å²) in [6.07, 6.45) is 0. The van der Waals surface area contributed by atoms with Crippen molar-refractivity contribution in [2.24, 2.45) is 0 Å². The van der Waals surface area contributed by atoms with Gasteiger partial charge in [-0.2, -0.15) is 0 Å². The van der Waals surface area contributed by atoms with Gasteiger partial charge in [-0.3, -0.25) is 4.79 Å². The molecule has 8 heteroatoms. The zero-order valence-corrected chi connectivity index (χ0v) is 17.3. The monoisotopic (exact) mass is 464 g/mol. The van der Waals surface area contributed by atoms with Gasteiger partial charge >= 0.3 is 0 Å². The highest BCUT2D eigenvalue weighted by Crippen LogP contribution is 2.32. The molecule has 1 unspecified atom stereocenters. The third-order valence-corrected chi connectivity index (χ3v) is 5.30. The third-order valence-electron chi connectivity index (χ3n) is 4.84. The molecule has 2 heterocycles. The lowest BCUT2D eigenvalue weighted by molar-refractivity contribution is 0.121. The van der Waals surface area contributed by atoms with Crippen molar-refractivity contribution in [3.8, 4) is 0 Å². The predicted octanol–water partition coefficient (Wildman–Crippen LogP) is 4.84. The van der Waals surface area contributed by atoms with E-state index in [-0.39, 0.29) is 11.5 Å². The maximum absolute atomic E-state index is 13.5. The molecule has 1 atom stereocenters. The number of halogens is 3. The second-order valence-electron chi connectivity index (χ2n) is 6.94. The van der Waals surface area contributed by atoms with Crippen LogP contribution in [0.3, 0.4) is 0 Å². The molecule has 4 rings (SSSR count). The van der Waals surface area contributed by atoms with Crippen LogP contribution < -0.4 is 15.6 Å². The van der Waals surface area contributed by atoms with Gasteiger partial charge in [0.05, 0.1) is 24.6 Å². The first-order valence-corrected chi connectivity index (χ1v) is 10.0. The number of hydrogen-bond donors (Lipinski definition) is 1. The summed E-state index contributed by atoms with van der Waals surface area (Å²) in [5.74, 6) is -0.849. The van der Waals surface area contributed by atoms with Crippen molar-refractivity contribution in [2.45, 2.75) is 13.0 Å². The quantitative estimate of drug-likeness (QED) is 0.598. The van der Waals surface area contributed by atoms with Gasteiger partial charge in [0, 0.05) is 40.9 Å².